The molecule has 0 spiro atoms. The maximum atomic E-state index is 12.6. The molecule has 0 saturated heterocycles. The van der Waals surface area contributed by atoms with Crippen molar-refractivity contribution in [2.45, 2.75) is 13.5 Å². The Morgan fingerprint density at radius 1 is 1.03 bits per heavy atom. The van der Waals surface area contributed by atoms with E-state index in [-0.39, 0.29) is 11.5 Å². The van der Waals surface area contributed by atoms with Gasteiger partial charge < -0.3 is 10.1 Å². The Hall–Kier alpha value is -3.93. The van der Waals surface area contributed by atoms with Crippen molar-refractivity contribution in [3.63, 3.8) is 0 Å². The van der Waals surface area contributed by atoms with Crippen LogP contribution >= 0.6 is 0 Å². The van der Waals surface area contributed by atoms with Gasteiger partial charge in [-0.25, -0.2) is 4.98 Å². The first kappa shape index (κ1) is 20.3. The van der Waals surface area contributed by atoms with Gasteiger partial charge in [-0.2, -0.15) is 0 Å². The van der Waals surface area contributed by atoms with Gasteiger partial charge in [0, 0.05) is 30.3 Å². The molecule has 6 heteroatoms. The molecule has 0 aliphatic carbocycles. The zero-order valence-corrected chi connectivity index (χ0v) is 17.2. The van der Waals surface area contributed by atoms with Gasteiger partial charge in [-0.1, -0.05) is 36.4 Å². The Balaban J connectivity index is 1.41. The second-order valence-corrected chi connectivity index (χ2v) is 7.05. The summed E-state index contributed by atoms with van der Waals surface area (Å²) in [5.41, 5.74) is 1.90. The highest BCUT2D eigenvalue weighted by molar-refractivity contribution is 6.06. The number of rotatable bonds is 7. The van der Waals surface area contributed by atoms with Crippen LogP contribution in [0.3, 0.4) is 0 Å². The smallest absolute Gasteiger partial charge is 0.253 e. The number of hydrogen-bond acceptors (Lipinski definition) is 4. The first-order valence-corrected chi connectivity index (χ1v) is 10.2. The summed E-state index contributed by atoms with van der Waals surface area (Å²) in [7, 11) is 0. The van der Waals surface area contributed by atoms with Crippen LogP contribution in [0.2, 0.25) is 0 Å². The molecule has 6 nitrogen and oxygen atoms in total. The third-order valence-corrected chi connectivity index (χ3v) is 5.01. The van der Waals surface area contributed by atoms with Crippen molar-refractivity contribution in [1.29, 1.82) is 0 Å². The van der Waals surface area contributed by atoms with Crippen LogP contribution < -0.4 is 15.6 Å². The molecule has 4 rings (SSSR count). The third-order valence-electron chi connectivity index (χ3n) is 5.01. The van der Waals surface area contributed by atoms with E-state index in [9.17, 15) is 9.59 Å². The second-order valence-electron chi connectivity index (χ2n) is 7.05. The van der Waals surface area contributed by atoms with Crippen LogP contribution in [-0.4, -0.2) is 28.6 Å². The third kappa shape index (κ3) is 4.64. The number of carbonyl (C=O) groups is 1. The molecule has 0 saturated carbocycles. The largest absolute Gasteiger partial charge is 0.494 e. The van der Waals surface area contributed by atoms with Crippen molar-refractivity contribution < 1.29 is 9.53 Å². The summed E-state index contributed by atoms with van der Waals surface area (Å²) in [6.07, 6.45) is 1.51. The molecule has 0 atom stereocenters. The fourth-order valence-electron chi connectivity index (χ4n) is 3.45. The molecule has 1 amide bonds. The monoisotopic (exact) mass is 413 g/mol. The number of benzene rings is 3. The summed E-state index contributed by atoms with van der Waals surface area (Å²) < 4.78 is 6.93. The Labute approximate surface area is 180 Å². The molecule has 0 aliphatic heterocycles. The standard InChI is InChI=1S/C25H23N3O3/c1-2-31-20-12-10-19(11-13-20)23-16-24(29)28(17-27-23)15-14-26-25(30)22-9-5-7-18-6-3-4-8-21(18)22/h3-13,16-17H,2,14-15H2,1H3,(H,26,30). The second kappa shape index (κ2) is 9.26. The number of nitrogens with one attached hydrogen (secondary N) is 1. The van der Waals surface area contributed by atoms with Crippen LogP contribution in [-0.2, 0) is 6.54 Å². The predicted octanol–water partition coefficient (Wildman–Crippen LogP) is 3.89. The maximum Gasteiger partial charge on any atom is 0.253 e. The molecule has 0 unspecified atom stereocenters. The number of hydrogen-bond donors (Lipinski definition) is 1. The number of carbonyl (C=O) groups excluding carboxylic acids is 1. The fraction of sp³-hybridized carbons (Fsp3) is 0.160. The number of nitrogens with zero attached hydrogens (tertiary/aromatic N) is 2. The van der Waals surface area contributed by atoms with Gasteiger partial charge in [0.05, 0.1) is 18.6 Å². The zero-order chi connectivity index (χ0) is 21.6. The average molecular weight is 413 g/mol. The maximum absolute atomic E-state index is 12.6. The van der Waals surface area contributed by atoms with Crippen molar-refractivity contribution >= 4 is 16.7 Å². The van der Waals surface area contributed by atoms with E-state index >= 15 is 0 Å². The molecule has 31 heavy (non-hydrogen) atoms. The van der Waals surface area contributed by atoms with E-state index in [1.807, 2.05) is 67.6 Å². The van der Waals surface area contributed by atoms with Gasteiger partial charge >= 0.3 is 0 Å². The lowest BCUT2D eigenvalue weighted by Crippen LogP contribution is -2.30. The Kier molecular flexibility index (Phi) is 6.08. The van der Waals surface area contributed by atoms with Crippen molar-refractivity contribution in [2.24, 2.45) is 0 Å². The van der Waals surface area contributed by atoms with E-state index < -0.39 is 0 Å². The summed E-state index contributed by atoms with van der Waals surface area (Å²) in [4.78, 5) is 29.5. The SMILES string of the molecule is CCOc1ccc(-c2cc(=O)n(CCNC(=O)c3cccc4ccccc34)cn2)cc1. The van der Waals surface area contributed by atoms with E-state index in [4.69, 9.17) is 4.74 Å². The van der Waals surface area contributed by atoms with E-state index in [0.717, 1.165) is 22.1 Å². The molecule has 156 valence electrons. The van der Waals surface area contributed by atoms with Crippen LogP contribution in [0.15, 0.2) is 83.9 Å². The van der Waals surface area contributed by atoms with Crippen LogP contribution in [0, 0.1) is 0 Å². The van der Waals surface area contributed by atoms with Crippen molar-refractivity contribution in [1.82, 2.24) is 14.9 Å². The highest BCUT2D eigenvalue weighted by atomic mass is 16.5. The van der Waals surface area contributed by atoms with E-state index in [1.54, 1.807) is 6.07 Å². The van der Waals surface area contributed by atoms with Gasteiger partial charge in [-0.15, -0.1) is 0 Å². The van der Waals surface area contributed by atoms with Crippen molar-refractivity contribution in [2.75, 3.05) is 13.2 Å². The molecule has 0 radical (unpaired) electrons. The summed E-state index contributed by atoms with van der Waals surface area (Å²) >= 11 is 0. The van der Waals surface area contributed by atoms with Crippen LogP contribution in [0.4, 0.5) is 0 Å². The number of ether oxygens (including phenoxy) is 1. The Bertz CT molecular complexity index is 1260. The first-order chi connectivity index (χ1) is 15.2. The zero-order valence-electron chi connectivity index (χ0n) is 17.2. The van der Waals surface area contributed by atoms with E-state index in [1.165, 1.54) is 17.0 Å². The number of aromatic nitrogens is 2. The molecule has 0 fully saturated rings. The summed E-state index contributed by atoms with van der Waals surface area (Å²) in [6.45, 7) is 3.20. The van der Waals surface area contributed by atoms with Crippen LogP contribution in [0.1, 0.15) is 17.3 Å². The summed E-state index contributed by atoms with van der Waals surface area (Å²) in [5, 5.41) is 4.81. The molecule has 1 aromatic heterocycles. The lowest BCUT2D eigenvalue weighted by atomic mass is 10.0. The summed E-state index contributed by atoms with van der Waals surface area (Å²) in [5.74, 6) is 0.616. The van der Waals surface area contributed by atoms with E-state index in [2.05, 4.69) is 10.3 Å². The quantitative estimate of drug-likeness (QED) is 0.499. The van der Waals surface area contributed by atoms with Gasteiger partial charge in [0.1, 0.15) is 5.75 Å². The van der Waals surface area contributed by atoms with Gasteiger partial charge in [-0.3, -0.25) is 14.2 Å². The molecular weight excluding hydrogens is 390 g/mol. The number of amides is 1. The van der Waals surface area contributed by atoms with Crippen LogP contribution in [0.25, 0.3) is 22.0 Å². The van der Waals surface area contributed by atoms with Gasteiger partial charge in [0.2, 0.25) is 0 Å². The molecule has 0 aliphatic rings. The minimum Gasteiger partial charge on any atom is -0.494 e. The lowest BCUT2D eigenvalue weighted by molar-refractivity contribution is 0.0954. The van der Waals surface area contributed by atoms with E-state index in [0.29, 0.717) is 31.0 Å². The van der Waals surface area contributed by atoms with Crippen molar-refractivity contribution in [3.05, 3.63) is 95.0 Å². The van der Waals surface area contributed by atoms with Crippen molar-refractivity contribution in [3.8, 4) is 17.0 Å². The molecule has 1 heterocycles. The average Bonchev–Trinajstić information content (AvgIpc) is 2.80. The van der Waals surface area contributed by atoms with Gasteiger partial charge in [0.25, 0.3) is 11.5 Å². The fourth-order valence-corrected chi connectivity index (χ4v) is 3.45. The molecule has 3 aromatic carbocycles. The molecule has 1 N–H and O–H groups in total. The predicted molar refractivity (Wildman–Crippen MR) is 121 cm³/mol. The molecule has 0 bridgehead atoms. The Morgan fingerprint density at radius 3 is 2.58 bits per heavy atom. The normalized spacial score (nSPS) is 10.7. The highest BCUT2D eigenvalue weighted by Crippen LogP contribution is 2.20. The topological polar surface area (TPSA) is 73.2 Å². The molecular formula is C25H23N3O3. The van der Waals surface area contributed by atoms with Gasteiger partial charge in [-0.05, 0) is 48.0 Å². The number of fused-ring (bicyclic) bond motifs is 1. The summed E-state index contributed by atoms with van der Waals surface area (Å²) in [6, 6.07) is 22.4. The first-order valence-electron chi connectivity index (χ1n) is 10.2. The van der Waals surface area contributed by atoms with Crippen LogP contribution in [0.5, 0.6) is 5.75 Å². The van der Waals surface area contributed by atoms with Gasteiger partial charge in [0.15, 0.2) is 0 Å². The minimum atomic E-state index is -0.168. The highest BCUT2D eigenvalue weighted by Gasteiger charge is 2.09. The minimum absolute atomic E-state index is 0.163. The lowest BCUT2D eigenvalue weighted by Gasteiger charge is -2.10. The molecule has 4 aromatic rings. The Morgan fingerprint density at radius 2 is 1.81 bits per heavy atom.